The van der Waals surface area contributed by atoms with Crippen molar-refractivity contribution in [3.63, 3.8) is 0 Å². The van der Waals surface area contributed by atoms with Crippen molar-refractivity contribution in [1.82, 2.24) is 85.0 Å². The van der Waals surface area contributed by atoms with Crippen LogP contribution in [0.2, 0.25) is 0 Å². The summed E-state index contributed by atoms with van der Waals surface area (Å²) in [6.07, 6.45) is 16.8. The van der Waals surface area contributed by atoms with Gasteiger partial charge in [0, 0.05) is 83.4 Å². The van der Waals surface area contributed by atoms with Crippen molar-refractivity contribution < 1.29 is 8.78 Å². The van der Waals surface area contributed by atoms with Crippen LogP contribution < -0.4 is 11.1 Å². The minimum Gasteiger partial charge on any atom is -0.397 e. The van der Waals surface area contributed by atoms with E-state index in [1.165, 1.54) is 12.1 Å². The maximum Gasteiger partial charge on any atom is 0.178 e. The largest absolute Gasteiger partial charge is 0.397 e. The van der Waals surface area contributed by atoms with Crippen LogP contribution in [0, 0.1) is 11.6 Å². The Bertz CT molecular complexity index is 3990. The topological polar surface area (TPSA) is 249 Å². The van der Waals surface area contributed by atoms with Crippen molar-refractivity contribution >= 4 is 55.5 Å². The Morgan fingerprint density at radius 1 is 0.558 bits per heavy atom. The molecule has 0 amide bonds. The van der Waals surface area contributed by atoms with Crippen LogP contribution in [0.15, 0.2) is 123 Å². The van der Waals surface area contributed by atoms with E-state index >= 15 is 0 Å². The number of rotatable bonds is 14. The van der Waals surface area contributed by atoms with Crippen molar-refractivity contribution in [2.75, 3.05) is 58.9 Å². The number of nitrogens with two attached hydrogens (primary N) is 1. The molecule has 77 heavy (non-hydrogen) atoms. The Morgan fingerprint density at radius 3 is 1.78 bits per heavy atom. The highest BCUT2D eigenvalue weighted by Crippen LogP contribution is 2.35. The van der Waals surface area contributed by atoms with E-state index in [0.717, 1.165) is 92.3 Å². The number of aryl methyl sites for hydroxylation is 1. The zero-order valence-corrected chi connectivity index (χ0v) is 43.2. The molecule has 0 unspecified atom stereocenters. The third-order valence-corrected chi connectivity index (χ3v) is 12.4. The van der Waals surface area contributed by atoms with Crippen molar-refractivity contribution in [2.24, 2.45) is 0 Å². The number of nitrogens with zero attached hydrogens (tertiary/aromatic N) is 13. The molecule has 12 aromatic rings. The maximum atomic E-state index is 14.6. The number of benzene rings is 2. The fourth-order valence-electron chi connectivity index (χ4n) is 8.87. The highest BCUT2D eigenvalue weighted by molar-refractivity contribution is 5.98. The molecule has 0 aliphatic rings. The second kappa shape index (κ2) is 22.6. The molecular formula is C56H55F2N19. The first-order chi connectivity index (χ1) is 37.5. The highest BCUT2D eigenvalue weighted by Gasteiger charge is 2.20. The fraction of sp³-hybridized carbons (Fsp3) is 0.196. The second-order valence-corrected chi connectivity index (χ2v) is 18.5. The Hall–Kier alpha value is -9.47. The van der Waals surface area contributed by atoms with E-state index in [2.05, 4.69) is 80.4 Å². The molecule has 0 bridgehead atoms. The molecule has 0 aliphatic heterocycles. The number of hydrogen-bond donors (Lipinski definition) is 6. The van der Waals surface area contributed by atoms with Crippen LogP contribution in [0.25, 0.3) is 112 Å². The minimum atomic E-state index is -0.322. The van der Waals surface area contributed by atoms with E-state index in [4.69, 9.17) is 15.7 Å². The van der Waals surface area contributed by atoms with Crippen LogP contribution in [0.4, 0.5) is 20.2 Å². The lowest BCUT2D eigenvalue weighted by atomic mass is 10.0. The summed E-state index contributed by atoms with van der Waals surface area (Å²) in [5.74, 6) is 0.508. The van der Waals surface area contributed by atoms with E-state index in [0.29, 0.717) is 69.2 Å². The number of anilines is 2. The van der Waals surface area contributed by atoms with Gasteiger partial charge < -0.3 is 30.8 Å². The molecular weight excluding hydrogens is 977 g/mol. The van der Waals surface area contributed by atoms with Gasteiger partial charge in [-0.25, -0.2) is 28.7 Å². The molecule has 21 heteroatoms. The summed E-state index contributed by atoms with van der Waals surface area (Å²) in [6, 6.07) is 19.5. The Labute approximate surface area is 441 Å². The zero-order chi connectivity index (χ0) is 53.6. The molecule has 10 heterocycles. The van der Waals surface area contributed by atoms with Gasteiger partial charge in [-0.15, -0.1) is 0 Å². The Morgan fingerprint density at radius 2 is 1.17 bits per heavy atom. The number of aromatic nitrogens is 15. The van der Waals surface area contributed by atoms with Gasteiger partial charge in [0.05, 0.1) is 57.7 Å². The molecule has 388 valence electrons. The molecule has 19 nitrogen and oxygen atoms in total. The molecule has 2 aromatic carbocycles. The predicted molar refractivity (Wildman–Crippen MR) is 298 cm³/mol. The number of nitrogens with one attached hydrogen (secondary N) is 5. The third kappa shape index (κ3) is 11.3. The number of H-pyrrole nitrogens is 4. The summed E-state index contributed by atoms with van der Waals surface area (Å²) in [6.45, 7) is 6.48. The van der Waals surface area contributed by atoms with Gasteiger partial charge >= 0.3 is 0 Å². The monoisotopic (exact) mass is 1030 g/mol. The van der Waals surface area contributed by atoms with Crippen LogP contribution in [-0.4, -0.2) is 133 Å². The molecule has 7 N–H and O–H groups in total. The average Bonchev–Trinajstić information content (AvgIpc) is 4.40. The third-order valence-electron chi connectivity index (χ3n) is 12.4. The van der Waals surface area contributed by atoms with E-state index in [9.17, 15) is 8.78 Å². The maximum absolute atomic E-state index is 14.6. The molecule has 10 aromatic heterocycles. The number of hydrogen-bond acceptors (Lipinski definition) is 15. The number of fused-ring (bicyclic) bond motifs is 4. The first kappa shape index (κ1) is 51.0. The molecule has 0 atom stereocenters. The van der Waals surface area contributed by atoms with Gasteiger partial charge in [0.15, 0.2) is 22.9 Å². The van der Waals surface area contributed by atoms with Gasteiger partial charge in [0.25, 0.3) is 0 Å². The van der Waals surface area contributed by atoms with Crippen LogP contribution in [0.5, 0.6) is 0 Å². The van der Waals surface area contributed by atoms with Crippen LogP contribution in [0.1, 0.15) is 25.8 Å². The lowest BCUT2D eigenvalue weighted by Gasteiger charge is -2.13. The van der Waals surface area contributed by atoms with Crippen molar-refractivity contribution in [2.45, 2.75) is 26.7 Å². The quantitative estimate of drug-likeness (QED) is 0.0593. The normalized spacial score (nSPS) is 11.4. The second-order valence-electron chi connectivity index (χ2n) is 18.5. The van der Waals surface area contributed by atoms with Gasteiger partial charge in [-0.3, -0.25) is 35.1 Å². The highest BCUT2D eigenvalue weighted by atomic mass is 19.1. The van der Waals surface area contributed by atoms with Gasteiger partial charge in [-0.2, -0.15) is 10.2 Å². The van der Waals surface area contributed by atoms with Crippen LogP contribution in [0.3, 0.4) is 0 Å². The van der Waals surface area contributed by atoms with Crippen LogP contribution in [-0.2, 0) is 6.42 Å². The van der Waals surface area contributed by atoms with Gasteiger partial charge in [-0.1, -0.05) is 19.9 Å². The molecule has 0 saturated heterocycles. The van der Waals surface area contributed by atoms with E-state index in [-0.39, 0.29) is 11.6 Å². The first-order valence-electron chi connectivity index (χ1n) is 25.0. The van der Waals surface area contributed by atoms with E-state index in [1.807, 2.05) is 84.5 Å². The van der Waals surface area contributed by atoms with Gasteiger partial charge in [0.2, 0.25) is 0 Å². The van der Waals surface area contributed by atoms with Gasteiger partial charge in [0.1, 0.15) is 28.7 Å². The standard InChI is InChI=1S/C28H26FN9.C26H23FN10.C2H6/c1-38(2)7-3-4-16-8-17(10-19(29)9-16)21-5-6-32-27-25(21)34-28(35-27)26-22-12-23(33-15-24(22)36-37-26)18-11-20(30)14-31-13-18;1-37(2)8-7-29-17-10-15(9-16(27)11-17)18-3-4-31-25-23(18)33-26(34-25)24-19-12-20(22-13-28-5-6-30-22)32-14-21(19)35-36-24;1-2/h5-6,8-15H,3-4,7,30H2,1-2H3,(H,36,37)(H,32,34,35);3-6,9-14,29H,7-8H2,1-2H3,(H,35,36)(H,31,33,34);1-2H3. The molecule has 12 rings (SSSR count). The summed E-state index contributed by atoms with van der Waals surface area (Å²) in [5, 5.41) is 20.0. The molecule has 0 saturated carbocycles. The number of imidazole rings is 2. The number of halogens is 2. The van der Waals surface area contributed by atoms with Crippen molar-refractivity contribution in [3.8, 4) is 67.9 Å². The van der Waals surface area contributed by atoms with Crippen molar-refractivity contribution in [3.05, 3.63) is 140 Å². The first-order valence-corrected chi connectivity index (χ1v) is 25.0. The Balaban J connectivity index is 0.000000169. The summed E-state index contributed by atoms with van der Waals surface area (Å²) in [7, 11) is 8.07. The van der Waals surface area contributed by atoms with Crippen molar-refractivity contribution in [1.29, 1.82) is 0 Å². The minimum absolute atomic E-state index is 0.263. The van der Waals surface area contributed by atoms with E-state index < -0.39 is 0 Å². The van der Waals surface area contributed by atoms with Gasteiger partial charge in [-0.05, 0) is 125 Å². The summed E-state index contributed by atoms with van der Waals surface area (Å²) in [5.41, 5.74) is 19.4. The number of likely N-dealkylation sites (N-methyl/N-ethyl adjacent to an activating group) is 1. The fourth-order valence-corrected chi connectivity index (χ4v) is 8.87. The molecule has 0 spiro atoms. The smallest absolute Gasteiger partial charge is 0.178 e. The lowest BCUT2D eigenvalue weighted by molar-refractivity contribution is 0.400. The number of aromatic amines is 4. The Kier molecular flexibility index (Phi) is 15.0. The molecule has 0 aliphatic carbocycles. The zero-order valence-electron chi connectivity index (χ0n) is 43.2. The molecule has 0 radical (unpaired) electrons. The van der Waals surface area contributed by atoms with Crippen LogP contribution >= 0.6 is 0 Å². The number of nitrogen functional groups attached to an aromatic ring is 1. The summed E-state index contributed by atoms with van der Waals surface area (Å²) in [4.78, 5) is 50.9. The molecule has 0 fully saturated rings. The SMILES string of the molecule is CC.CN(C)CCCc1cc(F)cc(-c2ccnc3nc(-c4n[nH]c5cnc(-c6cncc(N)c6)cc45)[nH]c23)c1.CN(C)CCNc1cc(F)cc(-c2ccnc3nc(-c4n[nH]c5cnc(-c6cnccn6)cc45)[nH]c23)c1. The summed E-state index contributed by atoms with van der Waals surface area (Å²) < 4.78 is 29.2. The van der Waals surface area contributed by atoms with E-state index in [1.54, 1.807) is 67.9 Å². The average molecular weight is 1030 g/mol. The summed E-state index contributed by atoms with van der Waals surface area (Å²) >= 11 is 0. The lowest BCUT2D eigenvalue weighted by Crippen LogP contribution is -2.20. The predicted octanol–water partition coefficient (Wildman–Crippen LogP) is 10.00. The number of pyridine rings is 5.